The van der Waals surface area contributed by atoms with Crippen molar-refractivity contribution in [1.29, 1.82) is 0 Å². The van der Waals surface area contributed by atoms with Crippen LogP contribution in [0.4, 0.5) is 0 Å². The van der Waals surface area contributed by atoms with Gasteiger partial charge in [-0.25, -0.2) is 0 Å². The normalized spacial score (nSPS) is 41.2. The SMILES string of the molecule is CC1(C)[C@@H]2C[C@H]3OCN(Cc4ccccc4)C[C@]3(O)C[C@@H]21. The molecule has 3 heteroatoms. The first kappa shape index (κ1) is 13.7. The summed E-state index contributed by atoms with van der Waals surface area (Å²) in [4.78, 5) is 2.24. The van der Waals surface area contributed by atoms with Gasteiger partial charge in [-0.1, -0.05) is 44.2 Å². The molecule has 0 aromatic heterocycles. The van der Waals surface area contributed by atoms with E-state index in [0.717, 1.165) is 31.8 Å². The molecule has 1 N–H and O–H groups in total. The first-order valence-electron chi connectivity index (χ1n) is 8.09. The van der Waals surface area contributed by atoms with E-state index >= 15 is 0 Å². The Bertz CT molecular complexity index is 529. The highest BCUT2D eigenvalue weighted by atomic mass is 16.5. The van der Waals surface area contributed by atoms with E-state index < -0.39 is 5.60 Å². The molecule has 4 atom stereocenters. The van der Waals surface area contributed by atoms with Crippen LogP contribution >= 0.6 is 0 Å². The Hall–Kier alpha value is -0.900. The van der Waals surface area contributed by atoms with Gasteiger partial charge in [0, 0.05) is 13.1 Å². The molecule has 0 spiro atoms. The van der Waals surface area contributed by atoms with Crippen LogP contribution in [-0.4, -0.2) is 35.0 Å². The van der Waals surface area contributed by atoms with Gasteiger partial charge >= 0.3 is 0 Å². The molecule has 3 fully saturated rings. The van der Waals surface area contributed by atoms with E-state index in [9.17, 15) is 5.11 Å². The summed E-state index contributed by atoms with van der Waals surface area (Å²) in [5, 5.41) is 11.1. The van der Waals surface area contributed by atoms with E-state index in [1.165, 1.54) is 5.56 Å². The molecular formula is C18H25NO2. The van der Waals surface area contributed by atoms with Crippen LogP contribution in [-0.2, 0) is 11.3 Å². The number of benzene rings is 1. The number of rotatable bonds is 2. The molecule has 1 aromatic rings. The number of ether oxygens (including phenoxy) is 1. The molecule has 4 rings (SSSR count). The van der Waals surface area contributed by atoms with Crippen molar-refractivity contribution in [2.75, 3.05) is 13.3 Å². The third-order valence-electron chi connectivity index (χ3n) is 6.13. The molecule has 0 bridgehead atoms. The zero-order valence-corrected chi connectivity index (χ0v) is 13.0. The van der Waals surface area contributed by atoms with Crippen LogP contribution in [0, 0.1) is 17.3 Å². The second kappa shape index (κ2) is 4.55. The minimum Gasteiger partial charge on any atom is -0.386 e. The van der Waals surface area contributed by atoms with Gasteiger partial charge in [0.15, 0.2) is 0 Å². The lowest BCUT2D eigenvalue weighted by Crippen LogP contribution is -2.59. The summed E-state index contributed by atoms with van der Waals surface area (Å²) in [6.07, 6.45) is 1.97. The van der Waals surface area contributed by atoms with Crippen molar-refractivity contribution in [3.05, 3.63) is 35.9 Å². The van der Waals surface area contributed by atoms with E-state index in [0.29, 0.717) is 18.1 Å². The molecule has 1 aromatic carbocycles. The van der Waals surface area contributed by atoms with Gasteiger partial charge in [0.2, 0.25) is 0 Å². The van der Waals surface area contributed by atoms with Crippen molar-refractivity contribution < 1.29 is 9.84 Å². The molecule has 21 heavy (non-hydrogen) atoms. The van der Waals surface area contributed by atoms with Crippen molar-refractivity contribution in [1.82, 2.24) is 4.90 Å². The van der Waals surface area contributed by atoms with Crippen LogP contribution in [0.15, 0.2) is 30.3 Å². The fourth-order valence-corrected chi connectivity index (χ4v) is 4.65. The zero-order valence-electron chi connectivity index (χ0n) is 13.0. The van der Waals surface area contributed by atoms with E-state index in [4.69, 9.17) is 4.74 Å². The van der Waals surface area contributed by atoms with Crippen molar-refractivity contribution in [2.24, 2.45) is 17.3 Å². The molecule has 0 radical (unpaired) electrons. The molecule has 1 heterocycles. The molecular weight excluding hydrogens is 262 g/mol. The standard InChI is InChI=1S/C18H25NO2/c1-17(2)14-8-16-18(20,9-15(14)17)11-19(12-21-16)10-13-6-4-3-5-7-13/h3-7,14-16,20H,8-12H2,1-2H3/t14-,15+,16-,18-/m1/s1. The summed E-state index contributed by atoms with van der Waals surface area (Å²) in [6.45, 7) is 6.91. The smallest absolute Gasteiger partial charge is 0.104 e. The quantitative estimate of drug-likeness (QED) is 0.907. The molecule has 0 amide bonds. The van der Waals surface area contributed by atoms with Gasteiger partial charge in [-0.15, -0.1) is 0 Å². The summed E-state index contributed by atoms with van der Waals surface area (Å²) >= 11 is 0. The van der Waals surface area contributed by atoms with Crippen LogP contribution in [0.3, 0.4) is 0 Å². The third kappa shape index (κ3) is 2.23. The average molecular weight is 287 g/mol. The maximum absolute atomic E-state index is 11.1. The topological polar surface area (TPSA) is 32.7 Å². The van der Waals surface area contributed by atoms with E-state index in [1.54, 1.807) is 0 Å². The van der Waals surface area contributed by atoms with Crippen molar-refractivity contribution in [3.8, 4) is 0 Å². The predicted molar refractivity (Wildman–Crippen MR) is 81.5 cm³/mol. The number of nitrogens with zero attached hydrogens (tertiary/aromatic N) is 1. The summed E-state index contributed by atoms with van der Waals surface area (Å²) in [7, 11) is 0. The van der Waals surface area contributed by atoms with Gasteiger partial charge in [-0.3, -0.25) is 4.90 Å². The summed E-state index contributed by atoms with van der Waals surface area (Å²) in [6, 6.07) is 10.4. The Balaban J connectivity index is 1.46. The molecule has 2 saturated carbocycles. The van der Waals surface area contributed by atoms with E-state index in [1.807, 2.05) is 6.07 Å². The maximum atomic E-state index is 11.1. The summed E-state index contributed by atoms with van der Waals surface area (Å²) in [5.74, 6) is 1.43. The van der Waals surface area contributed by atoms with Crippen LogP contribution < -0.4 is 0 Å². The maximum Gasteiger partial charge on any atom is 0.104 e. The highest BCUT2D eigenvalue weighted by molar-refractivity contribution is 5.17. The van der Waals surface area contributed by atoms with Gasteiger partial charge < -0.3 is 9.84 Å². The Morgan fingerprint density at radius 1 is 1.24 bits per heavy atom. The van der Waals surface area contributed by atoms with Crippen LogP contribution in [0.1, 0.15) is 32.3 Å². The first-order valence-corrected chi connectivity index (χ1v) is 8.09. The van der Waals surface area contributed by atoms with Crippen LogP contribution in [0.25, 0.3) is 0 Å². The highest BCUT2D eigenvalue weighted by Gasteiger charge is 2.66. The average Bonchev–Trinajstić information content (AvgIpc) is 2.97. The highest BCUT2D eigenvalue weighted by Crippen LogP contribution is 2.67. The van der Waals surface area contributed by atoms with Gasteiger partial charge in [-0.2, -0.15) is 0 Å². The Labute approximate surface area is 126 Å². The van der Waals surface area contributed by atoms with Gasteiger partial charge in [0.05, 0.1) is 12.8 Å². The lowest BCUT2D eigenvalue weighted by Gasteiger charge is -2.47. The largest absolute Gasteiger partial charge is 0.386 e. The predicted octanol–water partition coefficient (Wildman–Crippen LogP) is 2.64. The third-order valence-corrected chi connectivity index (χ3v) is 6.13. The molecule has 114 valence electrons. The van der Waals surface area contributed by atoms with E-state index in [-0.39, 0.29) is 6.10 Å². The molecule has 1 aliphatic heterocycles. The number of fused-ring (bicyclic) bond motifs is 2. The van der Waals surface area contributed by atoms with Crippen LogP contribution in [0.2, 0.25) is 0 Å². The van der Waals surface area contributed by atoms with Crippen molar-refractivity contribution in [3.63, 3.8) is 0 Å². The monoisotopic (exact) mass is 287 g/mol. The summed E-state index contributed by atoms with van der Waals surface area (Å²) < 4.78 is 6.04. The second-order valence-electron chi connectivity index (χ2n) is 7.83. The van der Waals surface area contributed by atoms with Crippen molar-refractivity contribution in [2.45, 2.75) is 44.9 Å². The minimum absolute atomic E-state index is 0.0348. The number of hydrogen-bond donors (Lipinski definition) is 1. The molecule has 3 nitrogen and oxygen atoms in total. The van der Waals surface area contributed by atoms with Gasteiger partial charge in [-0.05, 0) is 35.7 Å². The lowest BCUT2D eigenvalue weighted by molar-refractivity contribution is -0.209. The Morgan fingerprint density at radius 3 is 2.76 bits per heavy atom. The molecule has 1 saturated heterocycles. The molecule has 3 aliphatic rings. The second-order valence-corrected chi connectivity index (χ2v) is 7.83. The number of hydrogen-bond acceptors (Lipinski definition) is 3. The van der Waals surface area contributed by atoms with Gasteiger partial charge in [0.25, 0.3) is 0 Å². The minimum atomic E-state index is -0.651. The fourth-order valence-electron chi connectivity index (χ4n) is 4.65. The van der Waals surface area contributed by atoms with Crippen LogP contribution in [0.5, 0.6) is 0 Å². The number of β-amino-alcohol motifs (C(OH)–C–C–N with tert-alkyl or cyclic N) is 1. The zero-order chi connectivity index (χ0) is 14.7. The lowest BCUT2D eigenvalue weighted by atomic mass is 9.81. The Kier molecular flexibility index (Phi) is 2.97. The molecule has 0 unspecified atom stereocenters. The van der Waals surface area contributed by atoms with Crippen molar-refractivity contribution >= 4 is 0 Å². The van der Waals surface area contributed by atoms with Gasteiger partial charge in [0.1, 0.15) is 5.60 Å². The fraction of sp³-hybridized carbons (Fsp3) is 0.667. The number of aliphatic hydroxyl groups is 1. The van der Waals surface area contributed by atoms with E-state index in [2.05, 4.69) is 43.0 Å². The molecule has 2 aliphatic carbocycles. The first-order chi connectivity index (χ1) is 9.99. The Morgan fingerprint density at radius 2 is 2.00 bits per heavy atom. The summed E-state index contributed by atoms with van der Waals surface area (Å²) in [5.41, 5.74) is 1.03.